The number of imide groups is 1. The van der Waals surface area contributed by atoms with Gasteiger partial charge in [0.25, 0.3) is 11.8 Å². The Morgan fingerprint density at radius 2 is 1.08 bits per heavy atom. The lowest BCUT2D eigenvalue weighted by Gasteiger charge is -2.47. The van der Waals surface area contributed by atoms with E-state index in [9.17, 15) is 9.59 Å². The van der Waals surface area contributed by atoms with E-state index in [2.05, 4.69) is 0 Å². The molecular formula is C42H37NO8S. The Kier molecular flexibility index (Phi) is 11.4. The first kappa shape index (κ1) is 35.2. The minimum Gasteiger partial charge on any atom is -0.448 e. The SMILES string of the molecule is O=C1c2ccccc2C(=O)N1[C@H]1[C@H](OCc2ccccc2)O[C@H](COCc2ccccc2)[C@@H](OC(=S)Oc2ccccc2)[C@@H]1OCc1ccccc1. The van der Waals surface area contributed by atoms with Crippen LogP contribution in [-0.2, 0) is 43.5 Å². The molecule has 2 amide bonds. The number of amides is 2. The highest BCUT2D eigenvalue weighted by Gasteiger charge is 2.56. The van der Waals surface area contributed by atoms with Crippen molar-refractivity contribution in [2.75, 3.05) is 6.61 Å². The van der Waals surface area contributed by atoms with E-state index in [4.69, 9.17) is 40.6 Å². The van der Waals surface area contributed by atoms with Gasteiger partial charge in [-0.15, -0.1) is 0 Å². The van der Waals surface area contributed by atoms with Crippen LogP contribution in [0.15, 0.2) is 146 Å². The third-order valence-corrected chi connectivity index (χ3v) is 9.03. The summed E-state index contributed by atoms with van der Waals surface area (Å²) in [5, 5.41) is -0.189. The number of ether oxygens (including phenoxy) is 6. The zero-order chi connectivity index (χ0) is 35.7. The number of carbonyl (C=O) groups is 2. The molecule has 2 aliphatic heterocycles. The van der Waals surface area contributed by atoms with Gasteiger partial charge in [0.05, 0.1) is 37.6 Å². The van der Waals surface area contributed by atoms with Gasteiger partial charge in [0.15, 0.2) is 12.4 Å². The summed E-state index contributed by atoms with van der Waals surface area (Å²) < 4.78 is 38.5. The Labute approximate surface area is 307 Å². The fourth-order valence-electron chi connectivity index (χ4n) is 6.35. The van der Waals surface area contributed by atoms with E-state index in [1.54, 1.807) is 36.4 Å². The van der Waals surface area contributed by atoms with Crippen LogP contribution < -0.4 is 4.74 Å². The molecule has 0 bridgehead atoms. The number of benzene rings is 5. The predicted octanol–water partition coefficient (Wildman–Crippen LogP) is 7.14. The number of carbonyl (C=O) groups excluding carboxylic acids is 2. The first-order valence-corrected chi connectivity index (χ1v) is 17.4. The molecule has 264 valence electrons. The molecule has 0 N–H and O–H groups in total. The van der Waals surface area contributed by atoms with Crippen LogP contribution in [0.5, 0.6) is 5.75 Å². The summed E-state index contributed by atoms with van der Waals surface area (Å²) in [4.78, 5) is 29.5. The molecule has 0 aromatic heterocycles. The van der Waals surface area contributed by atoms with E-state index in [1.807, 2.05) is 109 Å². The van der Waals surface area contributed by atoms with E-state index in [0.717, 1.165) is 16.7 Å². The monoisotopic (exact) mass is 715 g/mol. The highest BCUT2D eigenvalue weighted by molar-refractivity contribution is 7.79. The van der Waals surface area contributed by atoms with Gasteiger partial charge in [0.1, 0.15) is 24.0 Å². The number of fused-ring (bicyclic) bond motifs is 1. The second-order valence-corrected chi connectivity index (χ2v) is 12.7. The molecule has 1 saturated heterocycles. The van der Waals surface area contributed by atoms with Gasteiger partial charge in [-0.1, -0.05) is 121 Å². The third-order valence-electron chi connectivity index (χ3n) is 8.85. The van der Waals surface area contributed by atoms with Crippen LogP contribution in [0.2, 0.25) is 0 Å². The fourth-order valence-corrected chi connectivity index (χ4v) is 6.56. The van der Waals surface area contributed by atoms with Crippen molar-refractivity contribution in [3.05, 3.63) is 173 Å². The van der Waals surface area contributed by atoms with E-state index in [1.165, 1.54) is 4.90 Å². The summed E-state index contributed by atoms with van der Waals surface area (Å²) in [5.74, 6) is -0.503. The van der Waals surface area contributed by atoms with Gasteiger partial charge < -0.3 is 28.4 Å². The first-order chi connectivity index (χ1) is 25.5. The summed E-state index contributed by atoms with van der Waals surface area (Å²) in [7, 11) is 0. The van der Waals surface area contributed by atoms with E-state index in [-0.39, 0.29) is 36.2 Å². The molecule has 5 aromatic rings. The van der Waals surface area contributed by atoms with Crippen LogP contribution in [0.25, 0.3) is 0 Å². The maximum Gasteiger partial charge on any atom is 0.358 e. The molecule has 0 unspecified atom stereocenters. The molecule has 52 heavy (non-hydrogen) atoms. The van der Waals surface area contributed by atoms with Crippen LogP contribution in [0.4, 0.5) is 0 Å². The highest BCUT2D eigenvalue weighted by atomic mass is 32.1. The van der Waals surface area contributed by atoms with Crippen molar-refractivity contribution in [3.63, 3.8) is 0 Å². The van der Waals surface area contributed by atoms with Gasteiger partial charge in [-0.25, -0.2) is 0 Å². The molecule has 9 nitrogen and oxygen atoms in total. The van der Waals surface area contributed by atoms with Gasteiger partial charge in [-0.05, 0) is 41.0 Å². The smallest absolute Gasteiger partial charge is 0.358 e. The van der Waals surface area contributed by atoms with Gasteiger partial charge >= 0.3 is 5.24 Å². The number of thiocarbonyl (C=S) groups is 1. The van der Waals surface area contributed by atoms with E-state index < -0.39 is 42.5 Å². The van der Waals surface area contributed by atoms with Crippen LogP contribution in [-0.4, -0.2) is 59.2 Å². The number of rotatable bonds is 13. The minimum atomic E-state index is -1.14. The first-order valence-electron chi connectivity index (χ1n) is 17.0. The molecule has 0 radical (unpaired) electrons. The summed E-state index contributed by atoms with van der Waals surface area (Å²) >= 11 is 5.64. The predicted molar refractivity (Wildman–Crippen MR) is 196 cm³/mol. The van der Waals surface area contributed by atoms with Crippen LogP contribution >= 0.6 is 12.2 Å². The van der Waals surface area contributed by atoms with Crippen LogP contribution in [0.3, 0.4) is 0 Å². The zero-order valence-electron chi connectivity index (χ0n) is 28.2. The van der Waals surface area contributed by atoms with Gasteiger partial charge in [-0.2, -0.15) is 0 Å². The lowest BCUT2D eigenvalue weighted by atomic mass is 9.94. The minimum absolute atomic E-state index is 0.0404. The summed E-state index contributed by atoms with van der Waals surface area (Å²) in [5.41, 5.74) is 3.28. The molecule has 0 aliphatic carbocycles. The normalized spacial score (nSPS) is 21.1. The maximum atomic E-state index is 14.1. The fraction of sp³-hybridized carbons (Fsp3) is 0.214. The molecule has 0 saturated carbocycles. The second-order valence-electron chi connectivity index (χ2n) is 12.4. The quantitative estimate of drug-likeness (QED) is 0.0932. The van der Waals surface area contributed by atoms with Crippen molar-refractivity contribution in [2.45, 2.75) is 50.5 Å². The van der Waals surface area contributed by atoms with E-state index >= 15 is 0 Å². The molecule has 1 fully saturated rings. The molecule has 7 rings (SSSR count). The van der Waals surface area contributed by atoms with Gasteiger partial charge in [-0.3, -0.25) is 14.5 Å². The Balaban J connectivity index is 1.27. The molecule has 2 aliphatic rings. The van der Waals surface area contributed by atoms with Crippen molar-refractivity contribution in [3.8, 4) is 5.75 Å². The zero-order valence-corrected chi connectivity index (χ0v) is 29.0. The molecule has 0 spiro atoms. The molecule has 5 atom stereocenters. The van der Waals surface area contributed by atoms with Crippen molar-refractivity contribution in [1.82, 2.24) is 4.90 Å². The maximum absolute atomic E-state index is 14.1. The number of hydrogen-bond acceptors (Lipinski definition) is 9. The highest BCUT2D eigenvalue weighted by Crippen LogP contribution is 2.36. The Morgan fingerprint density at radius 3 is 1.63 bits per heavy atom. The lowest BCUT2D eigenvalue weighted by molar-refractivity contribution is -0.291. The second kappa shape index (κ2) is 16.9. The van der Waals surface area contributed by atoms with E-state index in [0.29, 0.717) is 12.4 Å². The standard InChI is InChI=1S/C42H37NO8S/c44-39-33-23-13-14-24-34(33)40(45)43(39)36-38(47-26-30-17-7-2-8-18-30)37(51-42(52)49-32-21-11-4-12-22-32)35(28-46-25-29-15-5-1-6-16-29)50-41(36)48-27-31-19-9-3-10-20-31/h1-24,35-38,41H,25-28H2/t35-,36-,37-,38-,41-/m1/s1. The Morgan fingerprint density at radius 1 is 0.596 bits per heavy atom. The Bertz CT molecular complexity index is 1910. The molecule has 10 heteroatoms. The number of nitrogens with zero attached hydrogens (tertiary/aromatic N) is 1. The van der Waals surface area contributed by atoms with Crippen molar-refractivity contribution < 1.29 is 38.0 Å². The average Bonchev–Trinajstić information content (AvgIpc) is 3.44. The molecule has 2 heterocycles. The third kappa shape index (κ3) is 8.28. The Hall–Kier alpha value is -5.23. The van der Waals surface area contributed by atoms with Crippen molar-refractivity contribution >= 4 is 29.3 Å². The average molecular weight is 716 g/mol. The number of para-hydroxylation sites is 1. The van der Waals surface area contributed by atoms with Crippen molar-refractivity contribution in [1.29, 1.82) is 0 Å². The largest absolute Gasteiger partial charge is 0.448 e. The molecular weight excluding hydrogens is 679 g/mol. The van der Waals surface area contributed by atoms with Gasteiger partial charge in [0, 0.05) is 12.2 Å². The summed E-state index contributed by atoms with van der Waals surface area (Å²) in [6.45, 7) is 0.597. The van der Waals surface area contributed by atoms with Crippen molar-refractivity contribution in [2.24, 2.45) is 0 Å². The molecule has 5 aromatic carbocycles. The van der Waals surface area contributed by atoms with Crippen LogP contribution in [0, 0.1) is 0 Å². The lowest BCUT2D eigenvalue weighted by Crippen LogP contribution is -2.67. The summed E-state index contributed by atoms with van der Waals surface area (Å²) in [6.07, 6.45) is -4.01. The van der Waals surface area contributed by atoms with Crippen LogP contribution in [0.1, 0.15) is 37.4 Å². The summed E-state index contributed by atoms with van der Waals surface area (Å²) in [6, 6.07) is 43.6. The topological polar surface area (TPSA) is 92.8 Å². The number of hydrogen-bond donors (Lipinski definition) is 0. The van der Waals surface area contributed by atoms with Gasteiger partial charge in [0.2, 0.25) is 0 Å².